The molecule has 1 aliphatic heterocycles. The minimum atomic E-state index is -0.258. The largest absolute Gasteiger partial charge is 0.316 e. The van der Waals surface area contributed by atoms with Crippen LogP contribution >= 0.6 is 0 Å². The topological polar surface area (TPSA) is 29.9 Å². The molecule has 19 heavy (non-hydrogen) atoms. The van der Waals surface area contributed by atoms with E-state index in [4.69, 9.17) is 6.42 Å². The summed E-state index contributed by atoms with van der Waals surface area (Å²) in [5.74, 6) is 3.74. The molecule has 0 aliphatic carbocycles. The molecule has 0 spiro atoms. The van der Waals surface area contributed by atoms with Crippen molar-refractivity contribution < 1.29 is 4.39 Å². The Morgan fingerprint density at radius 2 is 2.42 bits per heavy atom. The highest BCUT2D eigenvalue weighted by Gasteiger charge is 2.22. The van der Waals surface area contributed by atoms with E-state index in [-0.39, 0.29) is 5.82 Å². The molecule has 2 aromatic rings. The smallest absolute Gasteiger partial charge is 0.125 e. The van der Waals surface area contributed by atoms with Crippen molar-refractivity contribution in [2.75, 3.05) is 13.1 Å². The minimum absolute atomic E-state index is 0.258. The van der Waals surface area contributed by atoms with Crippen LogP contribution in [0.3, 0.4) is 0 Å². The first-order valence-electron chi connectivity index (χ1n) is 6.59. The van der Waals surface area contributed by atoms with Gasteiger partial charge in [0.05, 0.1) is 17.6 Å². The third-order valence-electron chi connectivity index (χ3n) is 3.65. The molecule has 2 heterocycles. The van der Waals surface area contributed by atoms with Crippen molar-refractivity contribution in [3.63, 3.8) is 0 Å². The monoisotopic (exact) mass is 257 g/mol. The molecule has 1 atom stereocenters. The fourth-order valence-corrected chi connectivity index (χ4v) is 2.76. The van der Waals surface area contributed by atoms with Crippen molar-refractivity contribution in [3.05, 3.63) is 29.8 Å². The maximum absolute atomic E-state index is 13.3. The molecule has 1 aromatic heterocycles. The van der Waals surface area contributed by atoms with Gasteiger partial charge in [-0.15, -0.1) is 6.42 Å². The normalized spacial score (nSPS) is 19.5. The minimum Gasteiger partial charge on any atom is -0.316 e. The molecule has 1 fully saturated rings. The molecule has 0 amide bonds. The van der Waals surface area contributed by atoms with Crippen LogP contribution < -0.4 is 5.32 Å². The summed E-state index contributed by atoms with van der Waals surface area (Å²) in [6.45, 7) is 2.45. The highest BCUT2D eigenvalue weighted by atomic mass is 19.1. The number of imidazole rings is 1. The molecule has 0 radical (unpaired) electrons. The molecule has 1 N–H and O–H groups in total. The van der Waals surface area contributed by atoms with Gasteiger partial charge in [-0.25, -0.2) is 9.37 Å². The summed E-state index contributed by atoms with van der Waals surface area (Å²) in [6.07, 6.45) is 7.69. The lowest BCUT2D eigenvalue weighted by Gasteiger charge is -2.22. The lowest BCUT2D eigenvalue weighted by molar-refractivity contribution is 0.438. The van der Waals surface area contributed by atoms with Crippen LogP contribution in [-0.4, -0.2) is 22.6 Å². The van der Waals surface area contributed by atoms with Crippen LogP contribution in [0.25, 0.3) is 11.0 Å². The Labute approximate surface area is 111 Å². The van der Waals surface area contributed by atoms with Crippen molar-refractivity contribution in [2.45, 2.75) is 25.3 Å². The number of hydrogen-bond donors (Lipinski definition) is 1. The van der Waals surface area contributed by atoms with Crippen LogP contribution in [0.2, 0.25) is 0 Å². The van der Waals surface area contributed by atoms with Gasteiger partial charge in [0.2, 0.25) is 0 Å². The summed E-state index contributed by atoms with van der Waals surface area (Å²) in [7, 11) is 0. The molecule has 0 saturated carbocycles. The van der Waals surface area contributed by atoms with Gasteiger partial charge in [-0.05, 0) is 31.5 Å². The Morgan fingerprint density at radius 1 is 1.53 bits per heavy atom. The number of halogens is 1. The average molecular weight is 257 g/mol. The first-order chi connectivity index (χ1) is 9.29. The van der Waals surface area contributed by atoms with Gasteiger partial charge in [-0.2, -0.15) is 0 Å². The van der Waals surface area contributed by atoms with Crippen molar-refractivity contribution in [1.29, 1.82) is 0 Å². The molecule has 98 valence electrons. The van der Waals surface area contributed by atoms with Crippen LogP contribution in [0.1, 0.15) is 24.6 Å². The Morgan fingerprint density at radius 3 is 3.16 bits per heavy atom. The second kappa shape index (κ2) is 5.02. The average Bonchev–Trinajstić information content (AvgIpc) is 2.78. The Balaban J connectivity index is 2.11. The van der Waals surface area contributed by atoms with E-state index in [2.05, 4.69) is 16.2 Å². The van der Waals surface area contributed by atoms with Gasteiger partial charge in [0.25, 0.3) is 0 Å². The molecule has 0 bridgehead atoms. The van der Waals surface area contributed by atoms with Gasteiger partial charge in [0.15, 0.2) is 0 Å². The van der Waals surface area contributed by atoms with E-state index in [1.165, 1.54) is 12.1 Å². The molecule has 1 aliphatic rings. The molecule has 4 heteroatoms. The Kier molecular flexibility index (Phi) is 3.22. The number of nitrogens with one attached hydrogen (secondary N) is 1. The fourth-order valence-electron chi connectivity index (χ4n) is 2.76. The number of nitrogens with zero attached hydrogens (tertiary/aromatic N) is 2. The van der Waals surface area contributed by atoms with Crippen molar-refractivity contribution in [3.8, 4) is 12.3 Å². The van der Waals surface area contributed by atoms with E-state index in [1.54, 1.807) is 6.07 Å². The highest BCUT2D eigenvalue weighted by molar-refractivity contribution is 5.76. The second-order valence-electron chi connectivity index (χ2n) is 4.94. The number of terminal acetylenes is 1. The predicted molar refractivity (Wildman–Crippen MR) is 73.4 cm³/mol. The predicted octanol–water partition coefficient (Wildman–Crippen LogP) is 2.28. The van der Waals surface area contributed by atoms with E-state index >= 15 is 0 Å². The molecule has 3 nitrogen and oxygen atoms in total. The van der Waals surface area contributed by atoms with Gasteiger partial charge in [0, 0.05) is 18.5 Å². The number of piperidine rings is 1. The lowest BCUT2D eigenvalue weighted by atomic mass is 9.99. The summed E-state index contributed by atoms with van der Waals surface area (Å²) in [5.41, 5.74) is 1.61. The van der Waals surface area contributed by atoms with Crippen LogP contribution in [-0.2, 0) is 6.54 Å². The van der Waals surface area contributed by atoms with Crippen LogP contribution in [0, 0.1) is 18.2 Å². The first kappa shape index (κ1) is 12.2. The van der Waals surface area contributed by atoms with Crippen molar-refractivity contribution in [2.24, 2.45) is 0 Å². The molecule has 1 aromatic carbocycles. The lowest BCUT2D eigenvalue weighted by Crippen LogP contribution is -2.30. The van der Waals surface area contributed by atoms with Crippen LogP contribution in [0.4, 0.5) is 4.39 Å². The second-order valence-corrected chi connectivity index (χ2v) is 4.94. The summed E-state index contributed by atoms with van der Waals surface area (Å²) < 4.78 is 15.3. The molecule has 1 unspecified atom stereocenters. The zero-order valence-corrected chi connectivity index (χ0v) is 10.7. The summed E-state index contributed by atoms with van der Waals surface area (Å²) in [5, 5.41) is 3.38. The van der Waals surface area contributed by atoms with E-state index in [1.807, 2.05) is 4.57 Å². The van der Waals surface area contributed by atoms with Gasteiger partial charge < -0.3 is 9.88 Å². The van der Waals surface area contributed by atoms with Crippen molar-refractivity contribution >= 4 is 11.0 Å². The van der Waals surface area contributed by atoms with Gasteiger partial charge in [-0.3, -0.25) is 0 Å². The molecular weight excluding hydrogens is 241 g/mol. The zero-order chi connectivity index (χ0) is 13.2. The highest BCUT2D eigenvalue weighted by Crippen LogP contribution is 2.27. The third-order valence-corrected chi connectivity index (χ3v) is 3.65. The van der Waals surface area contributed by atoms with E-state index in [0.29, 0.717) is 18.0 Å². The van der Waals surface area contributed by atoms with E-state index in [0.717, 1.165) is 37.3 Å². The first-order valence-corrected chi connectivity index (χ1v) is 6.59. The fraction of sp³-hybridized carbons (Fsp3) is 0.400. The number of aromatic nitrogens is 2. The maximum Gasteiger partial charge on any atom is 0.125 e. The Hall–Kier alpha value is -1.86. The summed E-state index contributed by atoms with van der Waals surface area (Å²) in [4.78, 5) is 4.60. The number of fused-ring (bicyclic) bond motifs is 1. The Bertz CT molecular complexity index is 633. The third kappa shape index (κ3) is 2.22. The molecule has 3 rings (SSSR count). The summed E-state index contributed by atoms with van der Waals surface area (Å²) in [6, 6.07) is 4.69. The van der Waals surface area contributed by atoms with Gasteiger partial charge in [-0.1, -0.05) is 5.92 Å². The van der Waals surface area contributed by atoms with Gasteiger partial charge in [0.1, 0.15) is 11.6 Å². The number of hydrogen-bond acceptors (Lipinski definition) is 2. The molecule has 1 saturated heterocycles. The quantitative estimate of drug-likeness (QED) is 0.836. The SMILES string of the molecule is C#CCn1c(C2CCCNC2)nc2cc(F)ccc21. The standard InChI is InChI=1S/C15H16FN3/c1-2-8-19-14-6-5-12(16)9-13(14)18-15(19)11-4-3-7-17-10-11/h1,5-6,9,11,17H,3-4,7-8,10H2. The number of benzene rings is 1. The van der Waals surface area contributed by atoms with E-state index < -0.39 is 0 Å². The number of rotatable bonds is 2. The molecular formula is C15H16FN3. The van der Waals surface area contributed by atoms with Gasteiger partial charge >= 0.3 is 0 Å². The van der Waals surface area contributed by atoms with Crippen molar-refractivity contribution in [1.82, 2.24) is 14.9 Å². The van der Waals surface area contributed by atoms with E-state index in [9.17, 15) is 4.39 Å². The van der Waals surface area contributed by atoms with Crippen LogP contribution in [0.5, 0.6) is 0 Å². The zero-order valence-electron chi connectivity index (χ0n) is 10.7. The maximum atomic E-state index is 13.3. The summed E-state index contributed by atoms with van der Waals surface area (Å²) >= 11 is 0. The van der Waals surface area contributed by atoms with Crippen LogP contribution in [0.15, 0.2) is 18.2 Å².